The van der Waals surface area contributed by atoms with Crippen LogP contribution < -0.4 is 9.64 Å². The molecule has 1 saturated heterocycles. The lowest BCUT2D eigenvalue weighted by Crippen LogP contribution is -2.34. The van der Waals surface area contributed by atoms with Crippen molar-refractivity contribution in [2.45, 2.75) is 18.4 Å². The summed E-state index contributed by atoms with van der Waals surface area (Å²) in [6.07, 6.45) is 6.38. The molecule has 0 amide bonds. The predicted molar refractivity (Wildman–Crippen MR) is 136 cm³/mol. The summed E-state index contributed by atoms with van der Waals surface area (Å²) in [6.45, 7) is 2.19. The Morgan fingerprint density at radius 1 is 0.853 bits per heavy atom. The molecule has 2 aliphatic heterocycles. The molecule has 0 bridgehead atoms. The number of anilines is 1. The van der Waals surface area contributed by atoms with Gasteiger partial charge in [0.2, 0.25) is 0 Å². The summed E-state index contributed by atoms with van der Waals surface area (Å²) in [7, 11) is 0. The highest BCUT2D eigenvalue weighted by molar-refractivity contribution is 6.03. The van der Waals surface area contributed by atoms with Gasteiger partial charge in [-0.3, -0.25) is 0 Å². The van der Waals surface area contributed by atoms with E-state index in [1.165, 1.54) is 18.5 Å². The summed E-state index contributed by atoms with van der Waals surface area (Å²) in [5.41, 5.74) is 3.22. The second kappa shape index (κ2) is 8.07. The largest absolute Gasteiger partial charge is 0.478 e. The van der Waals surface area contributed by atoms with Crippen molar-refractivity contribution in [1.82, 2.24) is 0 Å². The average molecular weight is 448 g/mol. The van der Waals surface area contributed by atoms with Crippen molar-refractivity contribution in [3.8, 4) is 5.75 Å². The first kappa shape index (κ1) is 20.5. The molecule has 4 nitrogen and oxygen atoms in total. The van der Waals surface area contributed by atoms with Crippen LogP contribution in [0, 0.1) is 0 Å². The number of carboxylic acid groups (broad SMARTS) is 1. The first-order valence-corrected chi connectivity index (χ1v) is 11.7. The number of ether oxygens (including phenoxy) is 1. The molecule has 4 heteroatoms. The third-order valence-electron chi connectivity index (χ3n) is 6.99. The average Bonchev–Trinajstić information content (AvgIpc) is 3.43. The number of carbonyl (C=O) groups is 1. The first-order chi connectivity index (χ1) is 16.7. The van der Waals surface area contributed by atoms with Crippen LogP contribution in [0.3, 0.4) is 0 Å². The molecule has 168 valence electrons. The zero-order chi connectivity index (χ0) is 23.1. The fourth-order valence-electron chi connectivity index (χ4n) is 5.24. The fourth-order valence-corrected chi connectivity index (χ4v) is 5.24. The van der Waals surface area contributed by atoms with Gasteiger partial charge in [0.05, 0.1) is 5.56 Å². The van der Waals surface area contributed by atoms with E-state index in [1.807, 2.05) is 54.6 Å². The van der Waals surface area contributed by atoms with Gasteiger partial charge < -0.3 is 14.7 Å². The molecule has 1 unspecified atom stereocenters. The molecular formula is C30H25NO3. The number of fused-ring (bicyclic) bond motifs is 3. The van der Waals surface area contributed by atoms with Crippen LogP contribution in [-0.4, -0.2) is 24.2 Å². The Kier molecular flexibility index (Phi) is 4.88. The number of rotatable bonds is 4. The van der Waals surface area contributed by atoms with Crippen LogP contribution in [0.15, 0.2) is 91.0 Å². The van der Waals surface area contributed by atoms with Crippen molar-refractivity contribution >= 4 is 28.5 Å². The molecule has 2 heterocycles. The minimum atomic E-state index is -0.961. The van der Waals surface area contributed by atoms with E-state index in [0.29, 0.717) is 11.3 Å². The van der Waals surface area contributed by atoms with E-state index in [9.17, 15) is 9.90 Å². The zero-order valence-corrected chi connectivity index (χ0v) is 18.8. The number of benzene rings is 4. The predicted octanol–water partition coefficient (Wildman–Crippen LogP) is 6.49. The fraction of sp³-hybridized carbons (Fsp3) is 0.167. The van der Waals surface area contributed by atoms with Gasteiger partial charge in [0.25, 0.3) is 0 Å². The van der Waals surface area contributed by atoms with Crippen LogP contribution >= 0.6 is 0 Å². The molecule has 4 aromatic carbocycles. The summed E-state index contributed by atoms with van der Waals surface area (Å²) in [4.78, 5) is 14.5. The Bertz CT molecular complexity index is 1400. The quantitative estimate of drug-likeness (QED) is 0.389. The molecule has 0 aromatic heterocycles. The number of nitrogens with zero attached hydrogens (tertiary/aromatic N) is 1. The van der Waals surface area contributed by atoms with E-state index in [-0.39, 0.29) is 5.56 Å². The van der Waals surface area contributed by atoms with E-state index in [4.69, 9.17) is 4.74 Å². The SMILES string of the molecule is O=C(O)c1cc2ccccc2c2c1C=CC(c1ccccc1)(c1ccc(N3CCCC3)cc1)O2. The minimum absolute atomic E-state index is 0.246. The van der Waals surface area contributed by atoms with E-state index < -0.39 is 11.6 Å². The molecule has 0 spiro atoms. The molecule has 0 aliphatic carbocycles. The van der Waals surface area contributed by atoms with Crippen LogP contribution in [-0.2, 0) is 5.60 Å². The summed E-state index contributed by atoms with van der Waals surface area (Å²) >= 11 is 0. The normalized spacial score (nSPS) is 19.1. The Hall–Kier alpha value is -4.05. The molecule has 1 fully saturated rings. The second-order valence-corrected chi connectivity index (χ2v) is 8.97. The number of hydrogen-bond donors (Lipinski definition) is 1. The van der Waals surface area contributed by atoms with Gasteiger partial charge in [-0.15, -0.1) is 0 Å². The van der Waals surface area contributed by atoms with Gasteiger partial charge in [0.1, 0.15) is 5.75 Å². The van der Waals surface area contributed by atoms with Gasteiger partial charge in [-0.1, -0.05) is 66.7 Å². The third-order valence-corrected chi connectivity index (χ3v) is 6.99. The topological polar surface area (TPSA) is 49.8 Å². The van der Waals surface area contributed by atoms with E-state index in [0.717, 1.165) is 35.0 Å². The number of hydrogen-bond acceptors (Lipinski definition) is 3. The molecule has 1 atom stereocenters. The van der Waals surface area contributed by atoms with Gasteiger partial charge in [0.15, 0.2) is 5.60 Å². The Morgan fingerprint density at radius 2 is 1.53 bits per heavy atom. The van der Waals surface area contributed by atoms with Crippen LogP contribution in [0.1, 0.15) is 39.9 Å². The molecule has 0 radical (unpaired) electrons. The third kappa shape index (κ3) is 3.26. The monoisotopic (exact) mass is 447 g/mol. The molecule has 0 saturated carbocycles. The van der Waals surface area contributed by atoms with Crippen LogP contribution in [0.5, 0.6) is 5.75 Å². The summed E-state index contributed by atoms with van der Waals surface area (Å²) in [5.74, 6) is -0.358. The van der Waals surface area contributed by atoms with Gasteiger partial charge in [0, 0.05) is 40.9 Å². The highest BCUT2D eigenvalue weighted by Gasteiger charge is 2.38. The Morgan fingerprint density at radius 3 is 2.26 bits per heavy atom. The maximum atomic E-state index is 12.1. The van der Waals surface area contributed by atoms with Crippen molar-refractivity contribution in [2.24, 2.45) is 0 Å². The van der Waals surface area contributed by atoms with Gasteiger partial charge in [-0.2, -0.15) is 0 Å². The summed E-state index contributed by atoms with van der Waals surface area (Å²) in [6, 6.07) is 28.3. The zero-order valence-electron chi connectivity index (χ0n) is 18.8. The van der Waals surface area contributed by atoms with Crippen molar-refractivity contribution in [3.05, 3.63) is 113 Å². The lowest BCUT2D eigenvalue weighted by atomic mass is 9.82. The van der Waals surface area contributed by atoms with Crippen LogP contribution in [0.2, 0.25) is 0 Å². The second-order valence-electron chi connectivity index (χ2n) is 8.97. The maximum absolute atomic E-state index is 12.1. The lowest BCUT2D eigenvalue weighted by molar-refractivity contribution is 0.0695. The molecule has 1 N–H and O–H groups in total. The molecule has 6 rings (SSSR count). The van der Waals surface area contributed by atoms with E-state index in [1.54, 1.807) is 6.07 Å². The number of aromatic carboxylic acids is 1. The van der Waals surface area contributed by atoms with E-state index in [2.05, 4.69) is 41.3 Å². The van der Waals surface area contributed by atoms with Crippen molar-refractivity contribution < 1.29 is 14.6 Å². The molecular weight excluding hydrogens is 422 g/mol. The highest BCUT2D eigenvalue weighted by Crippen LogP contribution is 2.46. The first-order valence-electron chi connectivity index (χ1n) is 11.7. The lowest BCUT2D eigenvalue weighted by Gasteiger charge is -2.37. The van der Waals surface area contributed by atoms with Gasteiger partial charge in [-0.05, 0) is 48.6 Å². The Balaban J connectivity index is 1.55. The van der Waals surface area contributed by atoms with Crippen LogP contribution in [0.25, 0.3) is 16.8 Å². The smallest absolute Gasteiger partial charge is 0.336 e. The molecule has 34 heavy (non-hydrogen) atoms. The maximum Gasteiger partial charge on any atom is 0.336 e. The molecule has 4 aromatic rings. The number of carboxylic acids is 1. The van der Waals surface area contributed by atoms with Crippen molar-refractivity contribution in [2.75, 3.05) is 18.0 Å². The summed E-state index contributed by atoms with van der Waals surface area (Å²) in [5, 5.41) is 11.7. The van der Waals surface area contributed by atoms with Crippen molar-refractivity contribution in [3.63, 3.8) is 0 Å². The summed E-state index contributed by atoms with van der Waals surface area (Å²) < 4.78 is 6.90. The van der Waals surface area contributed by atoms with Gasteiger partial charge in [-0.25, -0.2) is 4.79 Å². The van der Waals surface area contributed by atoms with E-state index >= 15 is 0 Å². The standard InChI is InChI=1S/C30H25NO3/c32-29(33)27-20-21-8-4-5-11-25(21)28-26(27)16-17-30(34-28,22-9-2-1-3-10-22)23-12-14-24(15-13-23)31-18-6-7-19-31/h1-5,8-17,20H,6-7,18-19H2,(H,32,33). The minimum Gasteiger partial charge on any atom is -0.478 e. The van der Waals surface area contributed by atoms with Crippen LogP contribution in [0.4, 0.5) is 5.69 Å². The molecule has 2 aliphatic rings. The highest BCUT2D eigenvalue weighted by atomic mass is 16.5. The van der Waals surface area contributed by atoms with Crippen molar-refractivity contribution in [1.29, 1.82) is 0 Å². The van der Waals surface area contributed by atoms with Gasteiger partial charge >= 0.3 is 5.97 Å². The Labute approximate surface area is 198 Å².